The predicted molar refractivity (Wildman–Crippen MR) is 76.3 cm³/mol. The summed E-state index contributed by atoms with van der Waals surface area (Å²) >= 11 is 0. The van der Waals surface area contributed by atoms with Crippen molar-refractivity contribution in [3.05, 3.63) is 59.7 Å². The molecular formula is C15H20N4. The monoisotopic (exact) mass is 256 g/mol. The van der Waals surface area contributed by atoms with Crippen LogP contribution < -0.4 is 11.3 Å². The molecule has 0 amide bonds. The molecule has 0 bridgehead atoms. The summed E-state index contributed by atoms with van der Waals surface area (Å²) < 4.78 is 0. The van der Waals surface area contributed by atoms with Crippen molar-refractivity contribution in [2.24, 2.45) is 5.84 Å². The third kappa shape index (κ3) is 2.97. The third-order valence-electron chi connectivity index (χ3n) is 3.13. The maximum absolute atomic E-state index is 5.73. The van der Waals surface area contributed by atoms with E-state index in [1.54, 1.807) is 18.6 Å². The fourth-order valence-corrected chi connectivity index (χ4v) is 2.23. The lowest BCUT2D eigenvalue weighted by Crippen LogP contribution is -2.31. The van der Waals surface area contributed by atoms with Crippen LogP contribution in [-0.4, -0.2) is 9.97 Å². The molecule has 0 saturated heterocycles. The van der Waals surface area contributed by atoms with Crippen LogP contribution in [0, 0.1) is 0 Å². The molecule has 4 heteroatoms. The zero-order valence-electron chi connectivity index (χ0n) is 11.6. The van der Waals surface area contributed by atoms with Gasteiger partial charge < -0.3 is 0 Å². The van der Waals surface area contributed by atoms with Gasteiger partial charge in [0.1, 0.15) is 0 Å². The highest BCUT2D eigenvalue weighted by Gasteiger charge is 2.23. The molecule has 0 spiro atoms. The number of hydrogen-bond acceptors (Lipinski definition) is 4. The van der Waals surface area contributed by atoms with E-state index in [9.17, 15) is 0 Å². The van der Waals surface area contributed by atoms with E-state index < -0.39 is 0 Å². The van der Waals surface area contributed by atoms with E-state index in [4.69, 9.17) is 5.84 Å². The van der Waals surface area contributed by atoms with Gasteiger partial charge in [-0.3, -0.25) is 15.8 Å². The Bertz CT molecular complexity index is 531. The fourth-order valence-electron chi connectivity index (χ4n) is 2.23. The van der Waals surface area contributed by atoms with Gasteiger partial charge in [0.05, 0.1) is 17.9 Å². The van der Waals surface area contributed by atoms with E-state index in [1.165, 1.54) is 5.56 Å². The van der Waals surface area contributed by atoms with Gasteiger partial charge in [-0.25, -0.2) is 5.43 Å². The minimum Gasteiger partial charge on any atom is -0.271 e. The van der Waals surface area contributed by atoms with Crippen LogP contribution in [0.25, 0.3) is 0 Å². The maximum atomic E-state index is 5.73. The normalized spacial score (nSPS) is 13.3. The molecule has 1 atom stereocenters. The van der Waals surface area contributed by atoms with E-state index in [1.807, 2.05) is 12.1 Å². The molecule has 0 aliphatic carbocycles. The van der Waals surface area contributed by atoms with Crippen LogP contribution in [0.15, 0.2) is 42.9 Å². The van der Waals surface area contributed by atoms with Gasteiger partial charge in [0.15, 0.2) is 0 Å². The van der Waals surface area contributed by atoms with Gasteiger partial charge >= 0.3 is 0 Å². The summed E-state index contributed by atoms with van der Waals surface area (Å²) in [6, 6.07) is 8.14. The molecule has 2 rings (SSSR count). The van der Waals surface area contributed by atoms with Crippen LogP contribution in [0.5, 0.6) is 0 Å². The van der Waals surface area contributed by atoms with Gasteiger partial charge in [-0.2, -0.15) is 0 Å². The highest BCUT2D eigenvalue weighted by Crippen LogP contribution is 2.31. The lowest BCUT2D eigenvalue weighted by Gasteiger charge is -2.26. The molecule has 0 aliphatic heterocycles. The minimum absolute atomic E-state index is 0.0495. The van der Waals surface area contributed by atoms with Crippen molar-refractivity contribution in [1.29, 1.82) is 0 Å². The predicted octanol–water partition coefficient (Wildman–Crippen LogP) is 2.33. The summed E-state index contributed by atoms with van der Waals surface area (Å²) in [6.45, 7) is 6.57. The Morgan fingerprint density at radius 3 is 2.47 bits per heavy atom. The van der Waals surface area contributed by atoms with E-state index in [0.29, 0.717) is 0 Å². The molecule has 1 aromatic carbocycles. The summed E-state index contributed by atoms with van der Waals surface area (Å²) in [5.74, 6) is 5.73. The molecule has 0 fully saturated rings. The number of nitrogens with zero attached hydrogens (tertiary/aromatic N) is 2. The van der Waals surface area contributed by atoms with Crippen molar-refractivity contribution in [3.8, 4) is 0 Å². The molecule has 100 valence electrons. The Kier molecular flexibility index (Phi) is 3.93. The maximum Gasteiger partial charge on any atom is 0.0899 e. The van der Waals surface area contributed by atoms with Crippen molar-refractivity contribution in [2.45, 2.75) is 32.2 Å². The second-order valence-electron chi connectivity index (χ2n) is 5.57. The van der Waals surface area contributed by atoms with Gasteiger partial charge in [-0.15, -0.1) is 0 Å². The second kappa shape index (κ2) is 5.47. The van der Waals surface area contributed by atoms with Crippen molar-refractivity contribution < 1.29 is 0 Å². The molecule has 1 aromatic heterocycles. The Morgan fingerprint density at radius 2 is 1.89 bits per heavy atom. The first-order valence-corrected chi connectivity index (χ1v) is 6.35. The summed E-state index contributed by atoms with van der Waals surface area (Å²) in [5, 5.41) is 0. The highest BCUT2D eigenvalue weighted by atomic mass is 15.2. The molecule has 4 nitrogen and oxygen atoms in total. The second-order valence-corrected chi connectivity index (χ2v) is 5.57. The van der Waals surface area contributed by atoms with E-state index in [0.717, 1.165) is 11.3 Å². The van der Waals surface area contributed by atoms with Crippen LogP contribution >= 0.6 is 0 Å². The number of aromatic nitrogens is 2. The zero-order valence-corrected chi connectivity index (χ0v) is 11.6. The highest BCUT2D eigenvalue weighted by molar-refractivity contribution is 5.38. The summed E-state index contributed by atoms with van der Waals surface area (Å²) in [7, 11) is 0. The van der Waals surface area contributed by atoms with Gasteiger partial charge in [0, 0.05) is 12.4 Å². The van der Waals surface area contributed by atoms with Crippen LogP contribution in [0.1, 0.15) is 43.6 Å². The number of nitrogens with two attached hydrogens (primary N) is 1. The first kappa shape index (κ1) is 13.6. The van der Waals surface area contributed by atoms with Crippen LogP contribution in [0.4, 0.5) is 0 Å². The minimum atomic E-state index is -0.149. The van der Waals surface area contributed by atoms with Crippen LogP contribution in [0.2, 0.25) is 0 Å². The molecule has 19 heavy (non-hydrogen) atoms. The summed E-state index contributed by atoms with van der Waals surface area (Å²) in [4.78, 5) is 8.46. The van der Waals surface area contributed by atoms with Crippen molar-refractivity contribution in [1.82, 2.24) is 15.4 Å². The number of rotatable bonds is 3. The summed E-state index contributed by atoms with van der Waals surface area (Å²) in [5.41, 5.74) is 6.11. The smallest absolute Gasteiger partial charge is 0.0899 e. The molecule has 0 aliphatic rings. The fraction of sp³-hybridized carbons (Fsp3) is 0.333. The van der Waals surface area contributed by atoms with Gasteiger partial charge in [0.25, 0.3) is 0 Å². The Balaban J connectivity index is 2.51. The van der Waals surface area contributed by atoms with Crippen molar-refractivity contribution in [3.63, 3.8) is 0 Å². The average molecular weight is 256 g/mol. The van der Waals surface area contributed by atoms with Crippen LogP contribution in [0.3, 0.4) is 0 Å². The Morgan fingerprint density at radius 1 is 1.16 bits per heavy atom. The molecule has 1 unspecified atom stereocenters. The topological polar surface area (TPSA) is 63.8 Å². The zero-order chi connectivity index (χ0) is 13.9. The Hall–Kier alpha value is -1.78. The molecule has 0 saturated carbocycles. The van der Waals surface area contributed by atoms with Crippen molar-refractivity contribution in [2.75, 3.05) is 0 Å². The number of hydrazine groups is 1. The first-order chi connectivity index (χ1) is 9.04. The number of nitrogens with one attached hydrogen (secondary N) is 1. The SMILES string of the molecule is CC(C)(C)c1ccccc1C(NN)c1cnccn1. The number of benzene rings is 1. The Labute approximate surface area is 114 Å². The van der Waals surface area contributed by atoms with Gasteiger partial charge in [-0.1, -0.05) is 45.0 Å². The molecule has 2 aromatic rings. The quantitative estimate of drug-likeness (QED) is 0.653. The van der Waals surface area contributed by atoms with Gasteiger partial charge in [-0.05, 0) is 16.5 Å². The average Bonchev–Trinajstić information content (AvgIpc) is 2.40. The molecular weight excluding hydrogens is 236 g/mol. The lowest BCUT2D eigenvalue weighted by molar-refractivity contribution is 0.552. The lowest BCUT2D eigenvalue weighted by atomic mass is 9.81. The number of hydrogen-bond donors (Lipinski definition) is 2. The van der Waals surface area contributed by atoms with E-state index in [2.05, 4.69) is 48.3 Å². The van der Waals surface area contributed by atoms with Crippen molar-refractivity contribution >= 4 is 0 Å². The molecule has 1 heterocycles. The van der Waals surface area contributed by atoms with E-state index >= 15 is 0 Å². The third-order valence-corrected chi connectivity index (χ3v) is 3.13. The molecule has 3 N–H and O–H groups in total. The summed E-state index contributed by atoms with van der Waals surface area (Å²) in [6.07, 6.45) is 5.08. The van der Waals surface area contributed by atoms with E-state index in [-0.39, 0.29) is 11.5 Å². The molecule has 0 radical (unpaired) electrons. The first-order valence-electron chi connectivity index (χ1n) is 6.35. The van der Waals surface area contributed by atoms with Gasteiger partial charge in [0.2, 0.25) is 0 Å². The van der Waals surface area contributed by atoms with Crippen LogP contribution in [-0.2, 0) is 5.41 Å². The largest absolute Gasteiger partial charge is 0.271 e. The standard InChI is InChI=1S/C15H20N4/c1-15(2,3)12-7-5-4-6-11(12)14(19-16)13-10-17-8-9-18-13/h4-10,14,19H,16H2,1-3H3.